The second kappa shape index (κ2) is 6.07. The van der Waals surface area contributed by atoms with Gasteiger partial charge in [0.15, 0.2) is 0 Å². The molecule has 0 aromatic heterocycles. The van der Waals surface area contributed by atoms with E-state index in [1.807, 2.05) is 6.07 Å². The summed E-state index contributed by atoms with van der Waals surface area (Å²) in [5, 5.41) is 0. The van der Waals surface area contributed by atoms with Crippen LogP contribution in [-0.4, -0.2) is 13.2 Å². The molecule has 0 radical (unpaired) electrons. The average molecular weight is 312 g/mol. The van der Waals surface area contributed by atoms with E-state index in [0.717, 1.165) is 22.6 Å². The molecule has 1 fully saturated rings. The van der Waals surface area contributed by atoms with E-state index < -0.39 is 0 Å². The molecular formula is C15H22BrNO. The Hall–Kier alpha value is -0.540. The van der Waals surface area contributed by atoms with Gasteiger partial charge in [0.05, 0.1) is 11.6 Å². The maximum atomic E-state index is 6.25. The first-order valence-electron chi connectivity index (χ1n) is 6.68. The summed E-state index contributed by atoms with van der Waals surface area (Å²) in [6, 6.07) is 6.69. The molecule has 1 saturated carbocycles. The number of ether oxygens (including phenoxy) is 1. The summed E-state index contributed by atoms with van der Waals surface area (Å²) in [5.74, 6) is 2.32. The molecule has 1 aromatic carbocycles. The largest absolute Gasteiger partial charge is 0.496 e. The highest BCUT2D eigenvalue weighted by atomic mass is 79.9. The second-order valence-electron chi connectivity index (χ2n) is 5.52. The minimum absolute atomic E-state index is 0.363. The molecule has 1 aromatic rings. The molecule has 0 bridgehead atoms. The lowest BCUT2D eigenvalue weighted by molar-refractivity contribution is 0.244. The molecule has 0 heterocycles. The molecule has 0 saturated heterocycles. The van der Waals surface area contributed by atoms with Crippen LogP contribution in [0.15, 0.2) is 22.7 Å². The number of nitrogens with two attached hydrogens (primary N) is 1. The van der Waals surface area contributed by atoms with Gasteiger partial charge < -0.3 is 10.5 Å². The molecule has 18 heavy (non-hydrogen) atoms. The Morgan fingerprint density at radius 2 is 2.17 bits per heavy atom. The van der Waals surface area contributed by atoms with Crippen molar-refractivity contribution >= 4 is 15.9 Å². The fraction of sp³-hybridized carbons (Fsp3) is 0.600. The fourth-order valence-electron chi connectivity index (χ4n) is 2.90. The highest BCUT2D eigenvalue weighted by molar-refractivity contribution is 9.10. The topological polar surface area (TPSA) is 35.2 Å². The van der Waals surface area contributed by atoms with E-state index >= 15 is 0 Å². The van der Waals surface area contributed by atoms with Crippen LogP contribution in [0.3, 0.4) is 0 Å². The van der Waals surface area contributed by atoms with Crippen molar-refractivity contribution in [3.8, 4) is 5.75 Å². The predicted octanol–water partition coefficient (Wildman–Crippen LogP) is 3.76. The first kappa shape index (κ1) is 13.9. The van der Waals surface area contributed by atoms with Gasteiger partial charge in [-0.15, -0.1) is 0 Å². The van der Waals surface area contributed by atoms with Crippen molar-refractivity contribution in [2.45, 2.75) is 38.6 Å². The molecule has 3 unspecified atom stereocenters. The Bertz CT molecular complexity index is 407. The Morgan fingerprint density at radius 1 is 1.39 bits per heavy atom. The van der Waals surface area contributed by atoms with Gasteiger partial charge >= 0.3 is 0 Å². The SMILES string of the molecule is COc1ccc(CC2CC(C)CCC2N)cc1Br. The average Bonchev–Trinajstić information content (AvgIpc) is 2.34. The molecule has 2 N–H and O–H groups in total. The zero-order chi connectivity index (χ0) is 13.1. The maximum absolute atomic E-state index is 6.25. The lowest BCUT2D eigenvalue weighted by Crippen LogP contribution is -2.36. The van der Waals surface area contributed by atoms with Gasteiger partial charge in [0.1, 0.15) is 5.75 Å². The third kappa shape index (κ3) is 3.27. The fourth-order valence-corrected chi connectivity index (χ4v) is 3.48. The minimum atomic E-state index is 0.363. The molecular weight excluding hydrogens is 290 g/mol. The maximum Gasteiger partial charge on any atom is 0.133 e. The Morgan fingerprint density at radius 3 is 2.83 bits per heavy atom. The van der Waals surface area contributed by atoms with Gasteiger partial charge in [-0.05, 0) is 71.1 Å². The molecule has 0 aliphatic heterocycles. The molecule has 3 heteroatoms. The standard InChI is InChI=1S/C15H22BrNO/c1-10-3-5-14(17)12(7-10)8-11-4-6-15(18-2)13(16)9-11/h4,6,9-10,12,14H,3,5,7-8,17H2,1-2H3. The van der Waals surface area contributed by atoms with Crippen LogP contribution < -0.4 is 10.5 Å². The summed E-state index contributed by atoms with van der Waals surface area (Å²) >= 11 is 3.54. The first-order chi connectivity index (χ1) is 8.60. The Balaban J connectivity index is 2.06. The van der Waals surface area contributed by atoms with Crippen molar-refractivity contribution in [1.29, 1.82) is 0 Å². The number of hydrogen-bond acceptors (Lipinski definition) is 2. The van der Waals surface area contributed by atoms with E-state index in [-0.39, 0.29) is 0 Å². The molecule has 1 aliphatic carbocycles. The van der Waals surface area contributed by atoms with Crippen molar-refractivity contribution in [3.05, 3.63) is 28.2 Å². The van der Waals surface area contributed by atoms with E-state index in [4.69, 9.17) is 10.5 Å². The third-order valence-corrected chi connectivity index (χ3v) is 4.64. The summed E-state index contributed by atoms with van der Waals surface area (Å²) in [7, 11) is 1.69. The van der Waals surface area contributed by atoms with Gasteiger partial charge in [0.25, 0.3) is 0 Å². The molecule has 3 atom stereocenters. The lowest BCUT2D eigenvalue weighted by Gasteiger charge is -2.32. The summed E-state index contributed by atoms with van der Waals surface area (Å²) in [4.78, 5) is 0. The molecule has 2 nitrogen and oxygen atoms in total. The van der Waals surface area contributed by atoms with Gasteiger partial charge in [-0.25, -0.2) is 0 Å². The van der Waals surface area contributed by atoms with E-state index in [0.29, 0.717) is 12.0 Å². The van der Waals surface area contributed by atoms with E-state index in [1.165, 1.54) is 24.8 Å². The van der Waals surface area contributed by atoms with E-state index in [2.05, 4.69) is 35.0 Å². The minimum Gasteiger partial charge on any atom is -0.496 e. The van der Waals surface area contributed by atoms with Crippen LogP contribution in [-0.2, 0) is 6.42 Å². The number of rotatable bonds is 3. The van der Waals surface area contributed by atoms with Crippen molar-refractivity contribution in [3.63, 3.8) is 0 Å². The smallest absolute Gasteiger partial charge is 0.133 e. The van der Waals surface area contributed by atoms with Crippen molar-refractivity contribution in [2.75, 3.05) is 7.11 Å². The Labute approximate surface area is 118 Å². The van der Waals surface area contributed by atoms with Crippen LogP contribution in [0, 0.1) is 11.8 Å². The number of methoxy groups -OCH3 is 1. The molecule has 0 amide bonds. The summed E-state index contributed by atoms with van der Waals surface area (Å²) in [5.41, 5.74) is 7.59. The predicted molar refractivity (Wildman–Crippen MR) is 78.9 cm³/mol. The molecule has 1 aliphatic rings. The van der Waals surface area contributed by atoms with Gasteiger partial charge in [0.2, 0.25) is 0 Å². The van der Waals surface area contributed by atoms with Crippen LogP contribution in [0.25, 0.3) is 0 Å². The zero-order valence-corrected chi connectivity index (χ0v) is 12.7. The number of benzene rings is 1. The normalized spacial score (nSPS) is 28.1. The second-order valence-corrected chi connectivity index (χ2v) is 6.37. The van der Waals surface area contributed by atoms with Crippen LogP contribution in [0.2, 0.25) is 0 Å². The van der Waals surface area contributed by atoms with Crippen LogP contribution >= 0.6 is 15.9 Å². The monoisotopic (exact) mass is 311 g/mol. The Kier molecular flexibility index (Phi) is 4.68. The molecule has 2 rings (SSSR count). The van der Waals surface area contributed by atoms with Gasteiger partial charge in [0, 0.05) is 6.04 Å². The third-order valence-electron chi connectivity index (χ3n) is 4.02. The lowest BCUT2D eigenvalue weighted by atomic mass is 9.76. The highest BCUT2D eigenvalue weighted by Gasteiger charge is 2.26. The van der Waals surface area contributed by atoms with Crippen LogP contribution in [0.1, 0.15) is 31.7 Å². The summed E-state index contributed by atoms with van der Waals surface area (Å²) < 4.78 is 6.28. The first-order valence-corrected chi connectivity index (χ1v) is 7.47. The summed E-state index contributed by atoms with van der Waals surface area (Å²) in [6.45, 7) is 2.34. The van der Waals surface area contributed by atoms with E-state index in [9.17, 15) is 0 Å². The van der Waals surface area contributed by atoms with Crippen molar-refractivity contribution < 1.29 is 4.74 Å². The highest BCUT2D eigenvalue weighted by Crippen LogP contribution is 2.32. The summed E-state index contributed by atoms with van der Waals surface area (Å²) in [6.07, 6.45) is 4.78. The van der Waals surface area contributed by atoms with Gasteiger partial charge in [-0.2, -0.15) is 0 Å². The van der Waals surface area contributed by atoms with Crippen molar-refractivity contribution in [1.82, 2.24) is 0 Å². The van der Waals surface area contributed by atoms with E-state index in [1.54, 1.807) is 7.11 Å². The van der Waals surface area contributed by atoms with Gasteiger partial charge in [-0.1, -0.05) is 13.0 Å². The molecule has 100 valence electrons. The number of halogens is 1. The van der Waals surface area contributed by atoms with Gasteiger partial charge in [-0.3, -0.25) is 0 Å². The number of hydrogen-bond donors (Lipinski definition) is 1. The van der Waals surface area contributed by atoms with Crippen molar-refractivity contribution in [2.24, 2.45) is 17.6 Å². The van der Waals surface area contributed by atoms with Crippen LogP contribution in [0.4, 0.5) is 0 Å². The zero-order valence-electron chi connectivity index (χ0n) is 11.2. The quantitative estimate of drug-likeness (QED) is 0.922. The van der Waals surface area contributed by atoms with Crippen LogP contribution in [0.5, 0.6) is 5.75 Å². The molecule has 0 spiro atoms.